The van der Waals surface area contributed by atoms with Crippen LogP contribution in [-0.4, -0.2) is 30.8 Å². The highest BCUT2D eigenvalue weighted by atomic mass is 16.3. The predicted molar refractivity (Wildman–Crippen MR) is 89.7 cm³/mol. The topological polar surface area (TPSA) is 35.5 Å². The van der Waals surface area contributed by atoms with Crippen LogP contribution in [0.25, 0.3) is 0 Å². The van der Waals surface area contributed by atoms with E-state index in [9.17, 15) is 5.11 Å². The average molecular weight is 290 g/mol. The normalized spacial score (nSPS) is 20.3. The van der Waals surface area contributed by atoms with Crippen molar-refractivity contribution in [3.05, 3.63) is 29.3 Å². The molecule has 1 aliphatic heterocycles. The van der Waals surface area contributed by atoms with Gasteiger partial charge in [-0.05, 0) is 44.4 Å². The van der Waals surface area contributed by atoms with E-state index in [0.717, 1.165) is 32.6 Å². The summed E-state index contributed by atoms with van der Waals surface area (Å²) in [4.78, 5) is 2.43. The van der Waals surface area contributed by atoms with Gasteiger partial charge in [-0.25, -0.2) is 0 Å². The lowest BCUT2D eigenvalue weighted by molar-refractivity contribution is 0.136. The average Bonchev–Trinajstić information content (AvgIpc) is 2.88. The second kappa shape index (κ2) is 7.28. The molecule has 1 saturated heterocycles. The van der Waals surface area contributed by atoms with Crippen LogP contribution in [0.4, 0.5) is 5.69 Å². The third-order valence-electron chi connectivity index (χ3n) is 4.35. The number of benzene rings is 1. The van der Waals surface area contributed by atoms with Crippen molar-refractivity contribution >= 4 is 5.69 Å². The second-order valence-electron chi connectivity index (χ2n) is 6.89. The minimum Gasteiger partial charge on any atom is -0.393 e. The lowest BCUT2D eigenvalue weighted by atomic mass is 10.0. The first-order chi connectivity index (χ1) is 9.97. The first kappa shape index (κ1) is 16.3. The molecule has 3 nitrogen and oxygen atoms in total. The van der Waals surface area contributed by atoms with Gasteiger partial charge in [0.25, 0.3) is 0 Å². The largest absolute Gasteiger partial charge is 0.393 e. The molecule has 1 fully saturated rings. The Hall–Kier alpha value is -1.06. The summed E-state index contributed by atoms with van der Waals surface area (Å²) in [6, 6.07) is 6.72. The van der Waals surface area contributed by atoms with Gasteiger partial charge in [0.05, 0.1) is 6.10 Å². The molecule has 0 spiro atoms. The lowest BCUT2D eigenvalue weighted by Gasteiger charge is -2.23. The maximum absolute atomic E-state index is 9.79. The number of anilines is 1. The fraction of sp³-hybridized carbons (Fsp3) is 0.667. The molecular weight excluding hydrogens is 260 g/mol. The zero-order chi connectivity index (χ0) is 15.4. The molecule has 0 saturated carbocycles. The number of hydrogen-bond donors (Lipinski definition) is 2. The van der Waals surface area contributed by atoms with E-state index in [1.807, 2.05) is 6.92 Å². The molecule has 0 bridgehead atoms. The number of aliphatic hydroxyl groups is 1. The molecule has 1 aliphatic rings. The first-order valence-electron chi connectivity index (χ1n) is 8.20. The van der Waals surface area contributed by atoms with Gasteiger partial charge in [-0.1, -0.05) is 31.5 Å². The van der Waals surface area contributed by atoms with Crippen molar-refractivity contribution in [2.24, 2.45) is 11.8 Å². The van der Waals surface area contributed by atoms with Gasteiger partial charge in [0.15, 0.2) is 0 Å². The third kappa shape index (κ3) is 4.45. The van der Waals surface area contributed by atoms with E-state index in [1.54, 1.807) is 0 Å². The summed E-state index contributed by atoms with van der Waals surface area (Å²) in [7, 11) is 0. The molecule has 3 heteroatoms. The lowest BCUT2D eigenvalue weighted by Crippen LogP contribution is -2.26. The van der Waals surface area contributed by atoms with E-state index in [2.05, 4.69) is 49.2 Å². The van der Waals surface area contributed by atoms with Gasteiger partial charge in [-0.3, -0.25) is 0 Å². The predicted octanol–water partition coefficient (Wildman–Crippen LogP) is 2.95. The van der Waals surface area contributed by atoms with Crippen molar-refractivity contribution in [1.29, 1.82) is 0 Å². The van der Waals surface area contributed by atoms with Crippen LogP contribution in [0.5, 0.6) is 0 Å². The minimum atomic E-state index is -0.206. The maximum atomic E-state index is 9.79. The molecule has 0 aliphatic carbocycles. The third-order valence-corrected chi connectivity index (χ3v) is 4.35. The molecule has 118 valence electrons. The fourth-order valence-electron chi connectivity index (χ4n) is 3.06. The Balaban J connectivity index is 2.08. The molecule has 1 aromatic rings. The summed E-state index contributed by atoms with van der Waals surface area (Å²) in [5, 5.41) is 13.3. The van der Waals surface area contributed by atoms with Gasteiger partial charge < -0.3 is 15.3 Å². The summed E-state index contributed by atoms with van der Waals surface area (Å²) in [6.07, 6.45) is 0.882. The van der Waals surface area contributed by atoms with Gasteiger partial charge in [0, 0.05) is 31.2 Å². The molecular formula is C18H30N2O. The molecule has 2 atom stereocenters. The summed E-state index contributed by atoms with van der Waals surface area (Å²) in [5.41, 5.74) is 4.02. The Kier molecular flexibility index (Phi) is 5.65. The summed E-state index contributed by atoms with van der Waals surface area (Å²) < 4.78 is 0. The molecule has 1 heterocycles. The number of aliphatic hydroxyl groups excluding tert-OH is 1. The highest BCUT2D eigenvalue weighted by Crippen LogP contribution is 2.29. The van der Waals surface area contributed by atoms with Crippen LogP contribution < -0.4 is 10.2 Å². The van der Waals surface area contributed by atoms with Crippen LogP contribution in [0.3, 0.4) is 0 Å². The monoisotopic (exact) mass is 290 g/mol. The molecule has 2 rings (SSSR count). The second-order valence-corrected chi connectivity index (χ2v) is 6.89. The Labute approximate surface area is 129 Å². The van der Waals surface area contributed by atoms with Crippen molar-refractivity contribution in [3.8, 4) is 0 Å². The smallest absolute Gasteiger partial charge is 0.0557 e. The van der Waals surface area contributed by atoms with Gasteiger partial charge in [0.1, 0.15) is 0 Å². The molecule has 2 N–H and O–H groups in total. The highest BCUT2D eigenvalue weighted by molar-refractivity contribution is 5.55. The fourth-order valence-corrected chi connectivity index (χ4v) is 3.06. The summed E-state index contributed by atoms with van der Waals surface area (Å²) >= 11 is 0. The van der Waals surface area contributed by atoms with Crippen LogP contribution >= 0.6 is 0 Å². The Morgan fingerprint density at radius 1 is 1.33 bits per heavy atom. The van der Waals surface area contributed by atoms with Crippen LogP contribution in [0.2, 0.25) is 0 Å². The van der Waals surface area contributed by atoms with Crippen LogP contribution in [-0.2, 0) is 6.54 Å². The number of rotatable bonds is 6. The van der Waals surface area contributed by atoms with Crippen molar-refractivity contribution in [2.45, 2.75) is 46.8 Å². The van der Waals surface area contributed by atoms with Crippen LogP contribution in [0, 0.1) is 18.8 Å². The Morgan fingerprint density at radius 3 is 2.71 bits per heavy atom. The van der Waals surface area contributed by atoms with E-state index < -0.39 is 0 Å². The van der Waals surface area contributed by atoms with Crippen LogP contribution in [0.1, 0.15) is 38.3 Å². The van der Waals surface area contributed by atoms with E-state index in [-0.39, 0.29) is 6.10 Å². The molecule has 0 amide bonds. The van der Waals surface area contributed by atoms with Gasteiger partial charge >= 0.3 is 0 Å². The quantitative estimate of drug-likeness (QED) is 0.845. The van der Waals surface area contributed by atoms with Crippen molar-refractivity contribution < 1.29 is 5.11 Å². The van der Waals surface area contributed by atoms with Gasteiger partial charge in [-0.15, -0.1) is 0 Å². The molecule has 21 heavy (non-hydrogen) atoms. The standard InChI is InChI=1S/C18H30N2O/c1-13(2)10-19-11-17-9-14(3)5-6-18(17)20-8-7-16(12-20)15(4)21/h5-6,9,13,15-16,19,21H,7-8,10-12H2,1-4H3. The van der Waals surface area contributed by atoms with Crippen molar-refractivity contribution in [1.82, 2.24) is 5.32 Å². The number of nitrogens with zero attached hydrogens (tertiary/aromatic N) is 1. The van der Waals surface area contributed by atoms with E-state index in [0.29, 0.717) is 11.8 Å². The Morgan fingerprint density at radius 2 is 2.10 bits per heavy atom. The first-order valence-corrected chi connectivity index (χ1v) is 8.20. The number of nitrogens with one attached hydrogen (secondary N) is 1. The van der Waals surface area contributed by atoms with Crippen molar-refractivity contribution in [3.63, 3.8) is 0 Å². The molecule has 1 aromatic carbocycles. The maximum Gasteiger partial charge on any atom is 0.0557 e. The highest BCUT2D eigenvalue weighted by Gasteiger charge is 2.27. The van der Waals surface area contributed by atoms with Crippen LogP contribution in [0.15, 0.2) is 18.2 Å². The summed E-state index contributed by atoms with van der Waals surface area (Å²) in [6.45, 7) is 12.5. The van der Waals surface area contributed by atoms with E-state index in [1.165, 1.54) is 16.8 Å². The molecule has 0 aromatic heterocycles. The molecule has 2 unspecified atom stereocenters. The van der Waals surface area contributed by atoms with E-state index >= 15 is 0 Å². The zero-order valence-corrected chi connectivity index (χ0v) is 13.9. The Bertz CT molecular complexity index is 457. The number of aryl methyl sites for hydroxylation is 1. The van der Waals surface area contributed by atoms with Gasteiger partial charge in [0.2, 0.25) is 0 Å². The molecule has 0 radical (unpaired) electrons. The SMILES string of the molecule is Cc1ccc(N2CCC(C(C)O)C2)c(CNCC(C)C)c1. The number of hydrogen-bond acceptors (Lipinski definition) is 3. The minimum absolute atomic E-state index is 0.206. The zero-order valence-electron chi connectivity index (χ0n) is 13.9. The van der Waals surface area contributed by atoms with Crippen molar-refractivity contribution in [2.75, 3.05) is 24.5 Å². The van der Waals surface area contributed by atoms with E-state index in [4.69, 9.17) is 0 Å². The summed E-state index contributed by atoms with van der Waals surface area (Å²) in [5.74, 6) is 1.08. The van der Waals surface area contributed by atoms with Gasteiger partial charge in [-0.2, -0.15) is 0 Å².